The van der Waals surface area contributed by atoms with Crippen LogP contribution in [0.1, 0.15) is 44.4 Å². The molecule has 2 aromatic rings. The van der Waals surface area contributed by atoms with Crippen LogP contribution in [0.2, 0.25) is 5.02 Å². The van der Waals surface area contributed by atoms with E-state index in [-0.39, 0.29) is 0 Å². The molecule has 0 fully saturated rings. The zero-order valence-electron chi connectivity index (χ0n) is 13.0. The van der Waals surface area contributed by atoms with Gasteiger partial charge < -0.3 is 9.88 Å². The van der Waals surface area contributed by atoms with Gasteiger partial charge in [-0.15, -0.1) is 0 Å². The van der Waals surface area contributed by atoms with Crippen molar-refractivity contribution in [1.29, 1.82) is 0 Å². The van der Waals surface area contributed by atoms with Crippen LogP contribution < -0.4 is 5.32 Å². The second kappa shape index (κ2) is 7.62. The van der Waals surface area contributed by atoms with Crippen molar-refractivity contribution in [2.45, 2.75) is 39.8 Å². The summed E-state index contributed by atoms with van der Waals surface area (Å²) in [6.07, 6.45) is 8.96. The number of pyridine rings is 1. The quantitative estimate of drug-likeness (QED) is 0.827. The summed E-state index contributed by atoms with van der Waals surface area (Å²) in [5.74, 6) is 0.567. The molecule has 1 N–H and O–H groups in total. The zero-order chi connectivity index (χ0) is 15.2. The average molecular weight is 306 g/mol. The predicted octanol–water partition coefficient (Wildman–Crippen LogP) is 4.28. The van der Waals surface area contributed by atoms with Crippen molar-refractivity contribution in [3.05, 3.63) is 53.1 Å². The zero-order valence-corrected chi connectivity index (χ0v) is 13.8. The van der Waals surface area contributed by atoms with Crippen molar-refractivity contribution >= 4 is 11.6 Å². The van der Waals surface area contributed by atoms with E-state index in [2.05, 4.69) is 54.1 Å². The van der Waals surface area contributed by atoms with E-state index in [1.54, 1.807) is 12.4 Å². The highest BCUT2D eigenvalue weighted by molar-refractivity contribution is 6.31. The maximum absolute atomic E-state index is 6.17. The number of hydrogen-bond donors (Lipinski definition) is 1. The van der Waals surface area contributed by atoms with Crippen LogP contribution in [-0.2, 0) is 6.54 Å². The molecule has 0 radical (unpaired) electrons. The first-order valence-electron chi connectivity index (χ1n) is 7.59. The Bertz CT molecular complexity index is 563. The molecule has 0 aliphatic heterocycles. The minimum atomic E-state index is 0.402. The third-order valence-corrected chi connectivity index (χ3v) is 3.96. The summed E-state index contributed by atoms with van der Waals surface area (Å²) in [5, 5.41) is 4.34. The molecule has 0 aromatic carbocycles. The number of rotatable bonds is 7. The van der Waals surface area contributed by atoms with Crippen LogP contribution in [0.5, 0.6) is 0 Å². The number of hydrogen-bond acceptors (Lipinski definition) is 2. The molecule has 2 heterocycles. The lowest BCUT2D eigenvalue weighted by molar-refractivity contribution is 0.412. The minimum absolute atomic E-state index is 0.402. The van der Waals surface area contributed by atoms with Crippen molar-refractivity contribution in [3.63, 3.8) is 0 Å². The summed E-state index contributed by atoms with van der Waals surface area (Å²) < 4.78 is 2.18. The molecule has 0 aliphatic rings. The van der Waals surface area contributed by atoms with Crippen molar-refractivity contribution in [1.82, 2.24) is 14.9 Å². The third-order valence-electron chi connectivity index (χ3n) is 3.62. The Kier molecular flexibility index (Phi) is 5.83. The Hall–Kier alpha value is -1.32. The lowest BCUT2D eigenvalue weighted by Gasteiger charge is -2.21. The van der Waals surface area contributed by atoms with Gasteiger partial charge in [0.25, 0.3) is 0 Å². The minimum Gasteiger partial charge on any atom is -0.350 e. The standard InChI is InChI=1S/C17H24ClN3/c1-4-7-20-17(13(2)3)15-6-9-21(12-15)11-14-5-8-19-10-16(14)18/h5-6,8-10,12-13,17,20H,4,7,11H2,1-3H3. The SMILES string of the molecule is CCCNC(c1ccn(Cc2ccncc2Cl)c1)C(C)C. The van der Waals surface area contributed by atoms with Gasteiger partial charge in [0.05, 0.1) is 5.02 Å². The summed E-state index contributed by atoms with van der Waals surface area (Å²) in [7, 11) is 0. The monoisotopic (exact) mass is 305 g/mol. The second-order valence-electron chi connectivity index (χ2n) is 5.76. The van der Waals surface area contributed by atoms with E-state index < -0.39 is 0 Å². The Morgan fingerprint density at radius 2 is 2.14 bits per heavy atom. The molecule has 2 aromatic heterocycles. The lowest BCUT2D eigenvalue weighted by atomic mass is 9.98. The van der Waals surface area contributed by atoms with E-state index in [0.29, 0.717) is 12.0 Å². The van der Waals surface area contributed by atoms with Gasteiger partial charge in [0.2, 0.25) is 0 Å². The first kappa shape index (κ1) is 16.1. The van der Waals surface area contributed by atoms with Gasteiger partial charge in [-0.05, 0) is 42.1 Å². The molecular weight excluding hydrogens is 282 g/mol. The average Bonchev–Trinajstić information content (AvgIpc) is 2.90. The highest BCUT2D eigenvalue weighted by Gasteiger charge is 2.16. The summed E-state index contributed by atoms with van der Waals surface area (Å²) in [6.45, 7) is 8.53. The van der Waals surface area contributed by atoms with E-state index in [0.717, 1.165) is 30.1 Å². The van der Waals surface area contributed by atoms with Gasteiger partial charge in [-0.3, -0.25) is 4.98 Å². The number of nitrogens with zero attached hydrogens (tertiary/aromatic N) is 2. The van der Waals surface area contributed by atoms with Crippen LogP contribution in [0.4, 0.5) is 0 Å². The summed E-state index contributed by atoms with van der Waals surface area (Å²) in [5.41, 5.74) is 2.43. The smallest absolute Gasteiger partial charge is 0.0639 e. The topological polar surface area (TPSA) is 29.9 Å². The van der Waals surface area contributed by atoms with E-state index in [1.807, 2.05) is 6.07 Å². The maximum atomic E-state index is 6.17. The molecule has 1 atom stereocenters. The van der Waals surface area contributed by atoms with Gasteiger partial charge in [0.15, 0.2) is 0 Å². The molecule has 3 nitrogen and oxygen atoms in total. The Morgan fingerprint density at radius 1 is 1.33 bits per heavy atom. The molecule has 0 amide bonds. The van der Waals surface area contributed by atoms with E-state index in [4.69, 9.17) is 11.6 Å². The summed E-state index contributed by atoms with van der Waals surface area (Å²) in [4.78, 5) is 4.03. The fourth-order valence-corrected chi connectivity index (χ4v) is 2.69. The normalized spacial score (nSPS) is 12.8. The van der Waals surface area contributed by atoms with E-state index in [9.17, 15) is 0 Å². The van der Waals surface area contributed by atoms with Crippen LogP contribution in [0.15, 0.2) is 36.9 Å². The maximum Gasteiger partial charge on any atom is 0.0639 e. The van der Waals surface area contributed by atoms with Crippen LogP contribution in [-0.4, -0.2) is 16.1 Å². The van der Waals surface area contributed by atoms with Crippen LogP contribution in [0.25, 0.3) is 0 Å². The fourth-order valence-electron chi connectivity index (χ4n) is 2.51. The molecular formula is C17H24ClN3. The lowest BCUT2D eigenvalue weighted by Crippen LogP contribution is -2.26. The van der Waals surface area contributed by atoms with Crippen molar-refractivity contribution in [3.8, 4) is 0 Å². The molecule has 0 bridgehead atoms. The molecule has 4 heteroatoms. The number of aromatic nitrogens is 2. The van der Waals surface area contributed by atoms with Crippen molar-refractivity contribution in [2.75, 3.05) is 6.54 Å². The van der Waals surface area contributed by atoms with Gasteiger partial charge in [0.1, 0.15) is 0 Å². The van der Waals surface area contributed by atoms with Gasteiger partial charge in [-0.25, -0.2) is 0 Å². The first-order valence-corrected chi connectivity index (χ1v) is 7.97. The molecule has 0 saturated heterocycles. The second-order valence-corrected chi connectivity index (χ2v) is 6.17. The Balaban J connectivity index is 2.11. The summed E-state index contributed by atoms with van der Waals surface area (Å²) >= 11 is 6.17. The number of nitrogens with one attached hydrogen (secondary N) is 1. The molecule has 0 saturated carbocycles. The fraction of sp³-hybridized carbons (Fsp3) is 0.471. The molecule has 21 heavy (non-hydrogen) atoms. The van der Waals surface area contributed by atoms with Crippen molar-refractivity contribution in [2.24, 2.45) is 5.92 Å². The van der Waals surface area contributed by atoms with E-state index in [1.165, 1.54) is 5.56 Å². The molecule has 0 spiro atoms. The Labute approximate surface area is 132 Å². The summed E-state index contributed by atoms with van der Waals surface area (Å²) in [6, 6.07) is 4.57. The van der Waals surface area contributed by atoms with Gasteiger partial charge in [-0.1, -0.05) is 32.4 Å². The largest absolute Gasteiger partial charge is 0.350 e. The molecule has 0 aliphatic carbocycles. The highest BCUT2D eigenvalue weighted by atomic mass is 35.5. The van der Waals surface area contributed by atoms with Gasteiger partial charge in [0, 0.05) is 37.4 Å². The third kappa shape index (κ3) is 4.32. The Morgan fingerprint density at radius 3 is 2.81 bits per heavy atom. The predicted molar refractivity (Wildman–Crippen MR) is 88.7 cm³/mol. The van der Waals surface area contributed by atoms with Crippen LogP contribution in [0.3, 0.4) is 0 Å². The van der Waals surface area contributed by atoms with Crippen molar-refractivity contribution < 1.29 is 0 Å². The van der Waals surface area contributed by atoms with Gasteiger partial charge in [-0.2, -0.15) is 0 Å². The molecule has 114 valence electrons. The van der Waals surface area contributed by atoms with Gasteiger partial charge >= 0.3 is 0 Å². The number of halogens is 1. The highest BCUT2D eigenvalue weighted by Crippen LogP contribution is 2.23. The van der Waals surface area contributed by atoms with Crippen LogP contribution in [0, 0.1) is 5.92 Å². The molecule has 1 unspecified atom stereocenters. The van der Waals surface area contributed by atoms with E-state index >= 15 is 0 Å². The first-order chi connectivity index (χ1) is 10.1. The van der Waals surface area contributed by atoms with Crippen LogP contribution >= 0.6 is 11.6 Å². The molecule has 2 rings (SSSR count).